The zero-order valence-corrected chi connectivity index (χ0v) is 15.4. The van der Waals surface area contributed by atoms with Gasteiger partial charge in [0.1, 0.15) is 11.8 Å². The van der Waals surface area contributed by atoms with E-state index in [2.05, 4.69) is 34.7 Å². The zero-order valence-electron chi connectivity index (χ0n) is 15.4. The number of urea groups is 1. The van der Waals surface area contributed by atoms with E-state index in [1.165, 1.54) is 23.8 Å². The first-order valence-electron chi connectivity index (χ1n) is 8.87. The predicted molar refractivity (Wildman–Crippen MR) is 101 cm³/mol. The van der Waals surface area contributed by atoms with Gasteiger partial charge in [0.25, 0.3) is 0 Å². The lowest BCUT2D eigenvalue weighted by atomic mass is 10.1. The summed E-state index contributed by atoms with van der Waals surface area (Å²) < 4.78 is 4.95. The molecule has 8 nitrogen and oxygen atoms in total. The van der Waals surface area contributed by atoms with Gasteiger partial charge in [0.15, 0.2) is 0 Å². The van der Waals surface area contributed by atoms with Gasteiger partial charge in [-0.3, -0.25) is 5.43 Å². The molecule has 0 spiro atoms. The minimum absolute atomic E-state index is 0.0506. The molecule has 0 bridgehead atoms. The van der Waals surface area contributed by atoms with Crippen LogP contribution >= 0.6 is 0 Å². The first kappa shape index (κ1) is 18.8. The summed E-state index contributed by atoms with van der Waals surface area (Å²) >= 11 is 0. The number of piperazine rings is 1. The topological polar surface area (TPSA) is 98.0 Å². The van der Waals surface area contributed by atoms with Crippen molar-refractivity contribution in [3.8, 4) is 0 Å². The van der Waals surface area contributed by atoms with Crippen molar-refractivity contribution in [1.29, 1.82) is 0 Å². The molecule has 3 N–H and O–H groups in total. The van der Waals surface area contributed by atoms with Crippen molar-refractivity contribution in [3.63, 3.8) is 0 Å². The van der Waals surface area contributed by atoms with E-state index in [0.717, 1.165) is 13.1 Å². The van der Waals surface area contributed by atoms with Gasteiger partial charge >= 0.3 is 12.0 Å². The van der Waals surface area contributed by atoms with E-state index in [0.29, 0.717) is 18.7 Å². The third-order valence-corrected chi connectivity index (χ3v) is 4.73. The van der Waals surface area contributed by atoms with Gasteiger partial charge in [-0.15, -0.1) is 0 Å². The number of nitrogens with one attached hydrogen (secondary N) is 2. The molecule has 8 heteroatoms. The standard InChI is InChI=1S/C19H24N4O4/c1-13-5-3-4-6-17(13)22-7-9-23(10-8-22)21-19(26)20-14(2)15-11-27-12-16(15)18(24)25/h3-6,11-12,14H,7-10H2,1-2H3,(H,24,25)(H2,20,21,26). The number of hydrogen-bond acceptors (Lipinski definition) is 5. The maximum absolute atomic E-state index is 12.2. The van der Waals surface area contributed by atoms with Crippen LogP contribution in [-0.2, 0) is 0 Å². The molecule has 2 heterocycles. The Morgan fingerprint density at radius 1 is 1.15 bits per heavy atom. The average molecular weight is 372 g/mol. The molecule has 144 valence electrons. The maximum atomic E-state index is 12.2. The second-order valence-electron chi connectivity index (χ2n) is 6.61. The number of hydrazine groups is 1. The highest BCUT2D eigenvalue weighted by Crippen LogP contribution is 2.21. The van der Waals surface area contributed by atoms with Gasteiger partial charge in [-0.25, -0.2) is 14.6 Å². The molecule has 3 rings (SSSR count). The Balaban J connectivity index is 1.50. The van der Waals surface area contributed by atoms with E-state index in [-0.39, 0.29) is 11.6 Å². The molecule has 0 aliphatic carbocycles. The molecule has 0 radical (unpaired) electrons. The Morgan fingerprint density at radius 2 is 1.85 bits per heavy atom. The lowest BCUT2D eigenvalue weighted by Gasteiger charge is -2.36. The number of anilines is 1. The molecular formula is C19H24N4O4. The number of carboxylic acids is 1. The second kappa shape index (κ2) is 8.13. The number of para-hydroxylation sites is 1. The van der Waals surface area contributed by atoms with Gasteiger partial charge in [0.2, 0.25) is 0 Å². The molecule has 2 amide bonds. The third-order valence-electron chi connectivity index (χ3n) is 4.73. The van der Waals surface area contributed by atoms with Crippen LogP contribution in [0, 0.1) is 6.92 Å². The lowest BCUT2D eigenvalue weighted by molar-refractivity contribution is 0.0694. The number of aryl methyl sites for hydroxylation is 1. The van der Waals surface area contributed by atoms with E-state index in [4.69, 9.17) is 9.52 Å². The number of furan rings is 1. The summed E-state index contributed by atoms with van der Waals surface area (Å²) in [5.41, 5.74) is 5.76. The predicted octanol–water partition coefficient (Wildman–Crippen LogP) is 2.38. The Labute approximate surface area is 157 Å². The first-order chi connectivity index (χ1) is 13.0. The summed E-state index contributed by atoms with van der Waals surface area (Å²) in [5.74, 6) is -1.08. The van der Waals surface area contributed by atoms with E-state index in [9.17, 15) is 9.59 Å². The number of nitrogens with zero attached hydrogens (tertiary/aromatic N) is 2. The lowest BCUT2D eigenvalue weighted by Crippen LogP contribution is -2.56. The summed E-state index contributed by atoms with van der Waals surface area (Å²) in [5, 5.41) is 13.7. The Hall–Kier alpha value is -3.00. The van der Waals surface area contributed by atoms with E-state index in [1.54, 1.807) is 6.92 Å². The number of carbonyl (C=O) groups is 2. The number of hydrogen-bond donors (Lipinski definition) is 3. The molecule has 1 saturated heterocycles. The van der Waals surface area contributed by atoms with Gasteiger partial charge in [-0.2, -0.15) is 0 Å². The number of benzene rings is 1. The smallest absolute Gasteiger partial charge is 0.339 e. The summed E-state index contributed by atoms with van der Waals surface area (Å²) in [6.45, 7) is 6.82. The molecule has 1 atom stereocenters. The molecule has 1 aliphatic rings. The van der Waals surface area contributed by atoms with Crippen LogP contribution < -0.4 is 15.6 Å². The van der Waals surface area contributed by atoms with Crippen LogP contribution in [0.15, 0.2) is 41.2 Å². The SMILES string of the molecule is Cc1ccccc1N1CCN(NC(=O)NC(C)c2cocc2C(=O)O)CC1. The summed E-state index contributed by atoms with van der Waals surface area (Å²) in [7, 11) is 0. The average Bonchev–Trinajstić information content (AvgIpc) is 3.13. The monoisotopic (exact) mass is 372 g/mol. The molecule has 1 unspecified atom stereocenters. The van der Waals surface area contributed by atoms with Crippen LogP contribution in [0.3, 0.4) is 0 Å². The van der Waals surface area contributed by atoms with Gasteiger partial charge in [-0.05, 0) is 25.5 Å². The van der Waals surface area contributed by atoms with Crippen LogP contribution in [0.2, 0.25) is 0 Å². The summed E-state index contributed by atoms with van der Waals surface area (Å²) in [6, 6.07) is 7.40. The van der Waals surface area contributed by atoms with Crippen LogP contribution in [0.5, 0.6) is 0 Å². The Morgan fingerprint density at radius 3 is 2.52 bits per heavy atom. The molecule has 0 saturated carbocycles. The zero-order chi connectivity index (χ0) is 19.4. The van der Waals surface area contributed by atoms with Crippen LogP contribution in [0.1, 0.15) is 34.5 Å². The van der Waals surface area contributed by atoms with Crippen molar-refractivity contribution in [1.82, 2.24) is 15.8 Å². The molecule has 1 aliphatic heterocycles. The molecular weight excluding hydrogens is 348 g/mol. The van der Waals surface area contributed by atoms with E-state index in [1.807, 2.05) is 17.1 Å². The molecule has 2 aromatic rings. The second-order valence-corrected chi connectivity index (χ2v) is 6.61. The van der Waals surface area contributed by atoms with Gasteiger partial charge < -0.3 is 19.7 Å². The minimum atomic E-state index is -1.08. The number of aromatic carboxylic acids is 1. The van der Waals surface area contributed by atoms with Gasteiger partial charge in [0.05, 0.1) is 12.3 Å². The van der Waals surface area contributed by atoms with Gasteiger partial charge in [-0.1, -0.05) is 18.2 Å². The highest BCUT2D eigenvalue weighted by Gasteiger charge is 2.22. The van der Waals surface area contributed by atoms with Crippen molar-refractivity contribution in [2.75, 3.05) is 31.1 Å². The van der Waals surface area contributed by atoms with Crippen molar-refractivity contribution in [3.05, 3.63) is 53.5 Å². The van der Waals surface area contributed by atoms with Crippen molar-refractivity contribution >= 4 is 17.7 Å². The fraction of sp³-hybridized carbons (Fsp3) is 0.368. The summed E-state index contributed by atoms with van der Waals surface area (Å²) in [6.07, 6.45) is 2.51. The highest BCUT2D eigenvalue weighted by atomic mass is 16.4. The van der Waals surface area contributed by atoms with Crippen LogP contribution in [0.25, 0.3) is 0 Å². The van der Waals surface area contributed by atoms with E-state index >= 15 is 0 Å². The normalized spacial score (nSPS) is 16.0. The first-order valence-corrected chi connectivity index (χ1v) is 8.87. The third kappa shape index (κ3) is 4.40. The summed E-state index contributed by atoms with van der Waals surface area (Å²) in [4.78, 5) is 25.7. The Bertz CT molecular complexity index is 812. The molecule has 1 aromatic carbocycles. The number of carbonyl (C=O) groups excluding carboxylic acids is 1. The quantitative estimate of drug-likeness (QED) is 0.745. The number of carboxylic acid groups (broad SMARTS) is 1. The minimum Gasteiger partial charge on any atom is -0.478 e. The Kier molecular flexibility index (Phi) is 5.66. The van der Waals surface area contributed by atoms with Crippen molar-refractivity contribution in [2.45, 2.75) is 19.9 Å². The van der Waals surface area contributed by atoms with Crippen LogP contribution in [0.4, 0.5) is 10.5 Å². The van der Waals surface area contributed by atoms with E-state index < -0.39 is 12.0 Å². The molecule has 1 aromatic heterocycles. The van der Waals surface area contributed by atoms with Crippen LogP contribution in [-0.4, -0.2) is 48.3 Å². The fourth-order valence-corrected chi connectivity index (χ4v) is 3.24. The largest absolute Gasteiger partial charge is 0.478 e. The maximum Gasteiger partial charge on any atom is 0.339 e. The van der Waals surface area contributed by atoms with Crippen molar-refractivity contribution < 1.29 is 19.1 Å². The fourth-order valence-electron chi connectivity index (χ4n) is 3.24. The molecule has 27 heavy (non-hydrogen) atoms. The van der Waals surface area contributed by atoms with Gasteiger partial charge in [0, 0.05) is 37.4 Å². The molecule has 1 fully saturated rings. The highest BCUT2D eigenvalue weighted by molar-refractivity contribution is 5.89. The number of rotatable bonds is 5. The number of amides is 2. The van der Waals surface area contributed by atoms with Crippen molar-refractivity contribution in [2.24, 2.45) is 0 Å².